The maximum Gasteiger partial charge on any atom is 0.270 e. The lowest BCUT2D eigenvalue weighted by atomic mass is 10.0. The van der Waals surface area contributed by atoms with Gasteiger partial charge in [-0.1, -0.05) is 24.3 Å². The molecular formula is C20H16N2O4. The highest BCUT2D eigenvalue weighted by Gasteiger charge is 2.20. The van der Waals surface area contributed by atoms with E-state index in [4.69, 9.17) is 4.74 Å². The Morgan fingerprint density at radius 1 is 1.12 bits per heavy atom. The fraction of sp³-hybridized carbons (Fsp3) is 0.150. The minimum absolute atomic E-state index is 0.130. The molecular weight excluding hydrogens is 332 g/mol. The second-order valence-electron chi connectivity index (χ2n) is 6.21. The number of carbonyl (C=O) groups is 1. The Morgan fingerprint density at radius 3 is 2.62 bits per heavy atom. The number of rotatable bonds is 4. The summed E-state index contributed by atoms with van der Waals surface area (Å²) in [4.78, 5) is 23.3. The van der Waals surface area contributed by atoms with E-state index >= 15 is 0 Å². The molecule has 3 aromatic rings. The zero-order valence-corrected chi connectivity index (χ0v) is 14.1. The molecule has 1 amide bonds. The third-order valence-corrected chi connectivity index (χ3v) is 4.76. The fourth-order valence-corrected chi connectivity index (χ4v) is 3.53. The summed E-state index contributed by atoms with van der Waals surface area (Å²) < 4.78 is 5.19. The Hall–Kier alpha value is -3.41. The lowest BCUT2D eigenvalue weighted by Crippen LogP contribution is -2.14. The quantitative estimate of drug-likeness (QED) is 0.568. The van der Waals surface area contributed by atoms with Gasteiger partial charge in [0.05, 0.1) is 17.6 Å². The van der Waals surface area contributed by atoms with Gasteiger partial charge in [-0.15, -0.1) is 0 Å². The topological polar surface area (TPSA) is 81.5 Å². The molecule has 6 nitrogen and oxygen atoms in total. The second kappa shape index (κ2) is 6.15. The molecule has 0 saturated carbocycles. The van der Waals surface area contributed by atoms with Crippen LogP contribution in [0.5, 0.6) is 5.75 Å². The van der Waals surface area contributed by atoms with Crippen molar-refractivity contribution >= 4 is 28.1 Å². The molecule has 0 fully saturated rings. The second-order valence-corrected chi connectivity index (χ2v) is 6.21. The summed E-state index contributed by atoms with van der Waals surface area (Å²) in [5, 5.41) is 16.1. The van der Waals surface area contributed by atoms with E-state index in [0.717, 1.165) is 18.2 Å². The highest BCUT2D eigenvalue weighted by atomic mass is 16.6. The Kier molecular flexibility index (Phi) is 3.80. The molecule has 0 atom stereocenters. The molecule has 0 radical (unpaired) electrons. The summed E-state index contributed by atoms with van der Waals surface area (Å²) in [7, 11) is 1.43. The van der Waals surface area contributed by atoms with Crippen molar-refractivity contribution in [3.05, 3.63) is 75.3 Å². The molecule has 130 valence electrons. The van der Waals surface area contributed by atoms with E-state index in [-0.39, 0.29) is 11.3 Å². The highest BCUT2D eigenvalue weighted by molar-refractivity contribution is 6.11. The SMILES string of the molecule is COc1ccc([N+](=O)[O-])cc1C(=O)Nc1ccc2c3c(cccc13)CC2. The number of carbonyl (C=O) groups excluding carboxylic acids is 1. The third-order valence-electron chi connectivity index (χ3n) is 4.76. The molecule has 6 heteroatoms. The van der Waals surface area contributed by atoms with Crippen molar-refractivity contribution in [2.45, 2.75) is 12.8 Å². The van der Waals surface area contributed by atoms with E-state index in [0.29, 0.717) is 11.4 Å². The minimum Gasteiger partial charge on any atom is -0.496 e. The molecule has 1 aliphatic rings. The van der Waals surface area contributed by atoms with Crippen LogP contribution in [-0.2, 0) is 12.8 Å². The zero-order chi connectivity index (χ0) is 18.3. The van der Waals surface area contributed by atoms with Crippen molar-refractivity contribution in [3.8, 4) is 5.75 Å². The normalized spacial score (nSPS) is 12.2. The van der Waals surface area contributed by atoms with Crippen LogP contribution in [0, 0.1) is 10.1 Å². The van der Waals surface area contributed by atoms with E-state index in [1.54, 1.807) is 0 Å². The standard InChI is InChI=1S/C20H16N2O4/c1-26-18-10-8-14(22(24)25)11-16(18)20(23)21-17-9-7-13-6-5-12-3-2-4-15(17)19(12)13/h2-4,7-11H,5-6H2,1H3,(H,21,23). The largest absolute Gasteiger partial charge is 0.496 e. The fourth-order valence-electron chi connectivity index (χ4n) is 3.53. The Morgan fingerprint density at radius 2 is 1.88 bits per heavy atom. The first-order valence-corrected chi connectivity index (χ1v) is 8.26. The average Bonchev–Trinajstić information content (AvgIpc) is 3.08. The van der Waals surface area contributed by atoms with Gasteiger partial charge in [0, 0.05) is 23.2 Å². The predicted molar refractivity (Wildman–Crippen MR) is 99.0 cm³/mol. The lowest BCUT2D eigenvalue weighted by molar-refractivity contribution is -0.384. The molecule has 0 spiro atoms. The summed E-state index contributed by atoms with van der Waals surface area (Å²) in [6.45, 7) is 0. The Balaban J connectivity index is 1.75. The zero-order valence-electron chi connectivity index (χ0n) is 14.1. The smallest absolute Gasteiger partial charge is 0.270 e. The number of nitro benzene ring substituents is 1. The van der Waals surface area contributed by atoms with Gasteiger partial charge in [0.2, 0.25) is 0 Å². The van der Waals surface area contributed by atoms with Crippen molar-refractivity contribution in [3.63, 3.8) is 0 Å². The van der Waals surface area contributed by atoms with Crippen molar-refractivity contribution < 1.29 is 14.5 Å². The molecule has 1 N–H and O–H groups in total. The van der Waals surface area contributed by atoms with Crippen LogP contribution in [0.25, 0.3) is 10.8 Å². The van der Waals surface area contributed by atoms with Gasteiger partial charge in [-0.25, -0.2) is 0 Å². The summed E-state index contributed by atoms with van der Waals surface area (Å²) in [6, 6.07) is 14.0. The summed E-state index contributed by atoms with van der Waals surface area (Å²) >= 11 is 0. The van der Waals surface area contributed by atoms with Crippen molar-refractivity contribution in [2.24, 2.45) is 0 Å². The van der Waals surface area contributed by atoms with E-state index in [1.165, 1.54) is 41.8 Å². The van der Waals surface area contributed by atoms with Crippen LogP contribution in [0.2, 0.25) is 0 Å². The highest BCUT2D eigenvalue weighted by Crippen LogP contribution is 2.35. The number of hydrogen-bond acceptors (Lipinski definition) is 4. The first-order chi connectivity index (χ1) is 12.6. The molecule has 0 unspecified atom stereocenters. The van der Waals surface area contributed by atoms with Crippen molar-refractivity contribution in [2.75, 3.05) is 12.4 Å². The van der Waals surface area contributed by atoms with Gasteiger partial charge in [0.15, 0.2) is 0 Å². The monoisotopic (exact) mass is 348 g/mol. The summed E-state index contributed by atoms with van der Waals surface area (Å²) in [5.41, 5.74) is 3.22. The third kappa shape index (κ3) is 2.56. The average molecular weight is 348 g/mol. The number of ether oxygens (including phenoxy) is 1. The van der Waals surface area contributed by atoms with Crippen LogP contribution >= 0.6 is 0 Å². The Bertz CT molecular complexity index is 1050. The maximum atomic E-state index is 12.8. The lowest BCUT2D eigenvalue weighted by Gasteiger charge is -2.12. The van der Waals surface area contributed by atoms with Crippen molar-refractivity contribution in [1.29, 1.82) is 0 Å². The molecule has 4 rings (SSSR count). The van der Waals surface area contributed by atoms with Crippen LogP contribution in [0.4, 0.5) is 11.4 Å². The van der Waals surface area contributed by atoms with Gasteiger partial charge in [0.1, 0.15) is 5.75 Å². The number of nitrogens with one attached hydrogen (secondary N) is 1. The number of aryl methyl sites for hydroxylation is 2. The minimum atomic E-state index is -0.533. The molecule has 0 aromatic heterocycles. The molecule has 0 saturated heterocycles. The van der Waals surface area contributed by atoms with Crippen LogP contribution in [0.15, 0.2) is 48.5 Å². The number of nitro groups is 1. The first-order valence-electron chi connectivity index (χ1n) is 8.26. The molecule has 1 aliphatic carbocycles. The van der Waals surface area contributed by atoms with E-state index in [2.05, 4.69) is 11.4 Å². The van der Waals surface area contributed by atoms with Crippen molar-refractivity contribution in [1.82, 2.24) is 0 Å². The molecule has 0 heterocycles. The molecule has 0 aliphatic heterocycles. The van der Waals surface area contributed by atoms with Crippen LogP contribution in [0.1, 0.15) is 21.5 Å². The number of amides is 1. The van der Waals surface area contributed by atoms with Gasteiger partial charge in [-0.2, -0.15) is 0 Å². The number of benzene rings is 3. The number of hydrogen-bond donors (Lipinski definition) is 1. The summed E-state index contributed by atoms with van der Waals surface area (Å²) in [5.74, 6) is -0.150. The number of methoxy groups -OCH3 is 1. The van der Waals surface area contributed by atoms with Crippen LogP contribution < -0.4 is 10.1 Å². The molecule has 26 heavy (non-hydrogen) atoms. The van der Waals surface area contributed by atoms with Gasteiger partial charge in [0.25, 0.3) is 11.6 Å². The molecule has 3 aromatic carbocycles. The number of non-ortho nitro benzene ring substituents is 1. The number of anilines is 1. The van der Waals surface area contributed by atoms with E-state index in [9.17, 15) is 14.9 Å². The van der Waals surface area contributed by atoms with Gasteiger partial charge >= 0.3 is 0 Å². The number of nitrogens with zero attached hydrogens (tertiary/aromatic N) is 1. The summed E-state index contributed by atoms with van der Waals surface area (Å²) in [6.07, 6.45) is 2.01. The predicted octanol–water partition coefficient (Wildman–Crippen LogP) is 4.11. The van der Waals surface area contributed by atoms with E-state index in [1.807, 2.05) is 24.3 Å². The first kappa shape index (κ1) is 16.1. The van der Waals surface area contributed by atoms with Gasteiger partial charge in [-0.05, 0) is 41.5 Å². The van der Waals surface area contributed by atoms with E-state index < -0.39 is 10.8 Å². The van der Waals surface area contributed by atoms with Gasteiger partial charge < -0.3 is 10.1 Å². The van der Waals surface area contributed by atoms with Gasteiger partial charge in [-0.3, -0.25) is 14.9 Å². The molecule has 0 bridgehead atoms. The Labute approximate surface area is 149 Å². The maximum absolute atomic E-state index is 12.8. The van der Waals surface area contributed by atoms with Crippen LogP contribution in [-0.4, -0.2) is 17.9 Å². The van der Waals surface area contributed by atoms with Crippen LogP contribution in [0.3, 0.4) is 0 Å².